The SMILES string of the molecule is CC(C)C(NCc1nnnn1-c1ccccc1)C(=O)O. The second kappa shape index (κ2) is 6.25. The molecule has 2 aromatic rings. The monoisotopic (exact) mass is 275 g/mol. The number of benzene rings is 1. The van der Waals surface area contributed by atoms with Gasteiger partial charge in [-0.15, -0.1) is 5.10 Å². The smallest absolute Gasteiger partial charge is 0.320 e. The van der Waals surface area contributed by atoms with Crippen molar-refractivity contribution in [2.75, 3.05) is 0 Å². The highest BCUT2D eigenvalue weighted by atomic mass is 16.4. The lowest BCUT2D eigenvalue weighted by Crippen LogP contribution is -2.40. The largest absolute Gasteiger partial charge is 0.480 e. The average Bonchev–Trinajstić information content (AvgIpc) is 2.87. The minimum Gasteiger partial charge on any atom is -0.480 e. The standard InChI is InChI=1S/C13H17N5O2/c1-9(2)12(13(19)20)14-8-11-15-16-17-18(11)10-6-4-3-5-7-10/h3-7,9,12,14H,8H2,1-2H3,(H,19,20). The zero-order chi connectivity index (χ0) is 14.5. The number of nitrogens with zero attached hydrogens (tertiary/aromatic N) is 4. The summed E-state index contributed by atoms with van der Waals surface area (Å²) in [6.07, 6.45) is 0. The van der Waals surface area contributed by atoms with Crippen LogP contribution in [0.5, 0.6) is 0 Å². The van der Waals surface area contributed by atoms with E-state index < -0.39 is 12.0 Å². The van der Waals surface area contributed by atoms with Crippen molar-refractivity contribution in [1.82, 2.24) is 25.5 Å². The van der Waals surface area contributed by atoms with E-state index in [1.165, 1.54) is 0 Å². The van der Waals surface area contributed by atoms with Gasteiger partial charge in [-0.2, -0.15) is 4.68 Å². The molecule has 2 rings (SSSR count). The number of tetrazole rings is 1. The number of rotatable bonds is 6. The summed E-state index contributed by atoms with van der Waals surface area (Å²) in [5.74, 6) is -0.324. The van der Waals surface area contributed by atoms with E-state index in [2.05, 4.69) is 20.8 Å². The Labute approximate surface area is 116 Å². The van der Waals surface area contributed by atoms with Crippen LogP contribution in [0.3, 0.4) is 0 Å². The van der Waals surface area contributed by atoms with E-state index in [4.69, 9.17) is 5.11 Å². The fourth-order valence-electron chi connectivity index (χ4n) is 1.90. The van der Waals surface area contributed by atoms with Crippen molar-refractivity contribution in [1.29, 1.82) is 0 Å². The molecule has 1 unspecified atom stereocenters. The summed E-state index contributed by atoms with van der Waals surface area (Å²) >= 11 is 0. The predicted molar refractivity (Wildman–Crippen MR) is 72.3 cm³/mol. The maximum absolute atomic E-state index is 11.1. The summed E-state index contributed by atoms with van der Waals surface area (Å²) in [5.41, 5.74) is 0.839. The van der Waals surface area contributed by atoms with Gasteiger partial charge in [-0.05, 0) is 28.5 Å². The first-order chi connectivity index (χ1) is 9.59. The molecule has 1 aromatic heterocycles. The zero-order valence-corrected chi connectivity index (χ0v) is 11.4. The Kier molecular flexibility index (Phi) is 4.41. The van der Waals surface area contributed by atoms with Crippen LogP contribution in [-0.2, 0) is 11.3 Å². The Morgan fingerprint density at radius 2 is 2.05 bits per heavy atom. The molecule has 7 heteroatoms. The quantitative estimate of drug-likeness (QED) is 0.812. The minimum atomic E-state index is -0.876. The number of para-hydroxylation sites is 1. The molecule has 0 bridgehead atoms. The summed E-state index contributed by atoms with van der Waals surface area (Å²) < 4.78 is 1.59. The van der Waals surface area contributed by atoms with Crippen molar-refractivity contribution in [2.24, 2.45) is 5.92 Å². The topological polar surface area (TPSA) is 92.9 Å². The third-order valence-corrected chi connectivity index (χ3v) is 2.95. The number of hydrogen-bond acceptors (Lipinski definition) is 5. The predicted octanol–water partition coefficient (Wildman–Crippen LogP) is 0.861. The van der Waals surface area contributed by atoms with Crippen molar-refractivity contribution in [2.45, 2.75) is 26.4 Å². The summed E-state index contributed by atoms with van der Waals surface area (Å²) in [5, 5.41) is 23.6. The summed E-state index contributed by atoms with van der Waals surface area (Å²) in [4.78, 5) is 11.1. The van der Waals surface area contributed by atoms with Crippen molar-refractivity contribution in [3.8, 4) is 5.69 Å². The van der Waals surface area contributed by atoms with Crippen molar-refractivity contribution < 1.29 is 9.90 Å². The number of aliphatic carboxylic acids is 1. The van der Waals surface area contributed by atoms with Crippen LogP contribution in [0.15, 0.2) is 30.3 Å². The van der Waals surface area contributed by atoms with Crippen molar-refractivity contribution >= 4 is 5.97 Å². The number of carboxylic acids is 1. The lowest BCUT2D eigenvalue weighted by Gasteiger charge is -2.17. The second-order valence-corrected chi connectivity index (χ2v) is 4.78. The molecule has 7 nitrogen and oxygen atoms in total. The van der Waals surface area contributed by atoms with Gasteiger partial charge in [0, 0.05) is 0 Å². The molecule has 2 N–H and O–H groups in total. The summed E-state index contributed by atoms with van der Waals surface area (Å²) in [7, 11) is 0. The fourth-order valence-corrected chi connectivity index (χ4v) is 1.90. The highest BCUT2D eigenvalue weighted by molar-refractivity contribution is 5.73. The molecule has 20 heavy (non-hydrogen) atoms. The Balaban J connectivity index is 2.12. The number of carbonyl (C=O) groups is 1. The van der Waals surface area contributed by atoms with E-state index in [0.29, 0.717) is 5.82 Å². The van der Waals surface area contributed by atoms with Gasteiger partial charge in [-0.3, -0.25) is 10.1 Å². The van der Waals surface area contributed by atoms with Crippen LogP contribution in [-0.4, -0.2) is 37.3 Å². The highest BCUT2D eigenvalue weighted by Crippen LogP contribution is 2.08. The molecule has 106 valence electrons. The molecular formula is C13H17N5O2. The molecule has 0 radical (unpaired) electrons. The van der Waals surface area contributed by atoms with Gasteiger partial charge in [0.15, 0.2) is 5.82 Å². The molecule has 0 spiro atoms. The van der Waals surface area contributed by atoms with Gasteiger partial charge < -0.3 is 5.11 Å². The van der Waals surface area contributed by atoms with E-state index in [9.17, 15) is 4.79 Å². The molecule has 0 aliphatic rings. The van der Waals surface area contributed by atoms with E-state index >= 15 is 0 Å². The zero-order valence-electron chi connectivity index (χ0n) is 11.4. The molecule has 0 fully saturated rings. The Bertz CT molecular complexity index is 567. The maximum atomic E-state index is 11.1. The number of nitrogens with one attached hydrogen (secondary N) is 1. The number of aromatic nitrogens is 4. The third-order valence-electron chi connectivity index (χ3n) is 2.95. The summed E-state index contributed by atoms with van der Waals surface area (Å²) in [6, 6.07) is 8.83. The van der Waals surface area contributed by atoms with E-state index in [-0.39, 0.29) is 12.5 Å². The van der Waals surface area contributed by atoms with Crippen LogP contribution < -0.4 is 5.32 Å². The van der Waals surface area contributed by atoms with Crippen molar-refractivity contribution in [3.05, 3.63) is 36.2 Å². The first kappa shape index (κ1) is 14.1. The molecular weight excluding hydrogens is 258 g/mol. The first-order valence-corrected chi connectivity index (χ1v) is 6.38. The van der Waals surface area contributed by atoms with Gasteiger partial charge in [-0.25, -0.2) is 0 Å². The number of carboxylic acid groups (broad SMARTS) is 1. The van der Waals surface area contributed by atoms with Crippen molar-refractivity contribution in [3.63, 3.8) is 0 Å². The Hall–Kier alpha value is -2.28. The number of hydrogen-bond donors (Lipinski definition) is 2. The normalized spacial score (nSPS) is 12.6. The fraction of sp³-hybridized carbons (Fsp3) is 0.385. The molecule has 1 heterocycles. The Morgan fingerprint density at radius 3 is 2.65 bits per heavy atom. The lowest BCUT2D eigenvalue weighted by molar-refractivity contribution is -0.140. The van der Waals surface area contributed by atoms with Gasteiger partial charge in [0.2, 0.25) is 0 Å². The molecule has 0 aliphatic heterocycles. The van der Waals surface area contributed by atoms with Crippen LogP contribution in [0, 0.1) is 5.92 Å². The minimum absolute atomic E-state index is 0.0199. The van der Waals surface area contributed by atoms with Gasteiger partial charge >= 0.3 is 5.97 Å². The summed E-state index contributed by atoms with van der Waals surface area (Å²) in [6.45, 7) is 3.99. The molecule has 1 aromatic carbocycles. The van der Waals surface area contributed by atoms with Gasteiger partial charge in [0.05, 0.1) is 12.2 Å². The van der Waals surface area contributed by atoms with Crippen LogP contribution in [0.4, 0.5) is 0 Å². The van der Waals surface area contributed by atoms with E-state index in [1.54, 1.807) is 4.68 Å². The molecule has 0 saturated heterocycles. The van der Waals surface area contributed by atoms with Crippen LogP contribution >= 0.6 is 0 Å². The highest BCUT2D eigenvalue weighted by Gasteiger charge is 2.21. The van der Waals surface area contributed by atoms with Gasteiger partial charge in [0.1, 0.15) is 6.04 Å². The van der Waals surface area contributed by atoms with E-state index in [1.807, 2.05) is 44.2 Å². The van der Waals surface area contributed by atoms with Crippen LogP contribution in [0.25, 0.3) is 5.69 Å². The van der Waals surface area contributed by atoms with Gasteiger partial charge in [0.25, 0.3) is 0 Å². The molecule has 0 aliphatic carbocycles. The second-order valence-electron chi connectivity index (χ2n) is 4.78. The maximum Gasteiger partial charge on any atom is 0.320 e. The Morgan fingerprint density at radius 1 is 1.35 bits per heavy atom. The van der Waals surface area contributed by atoms with Gasteiger partial charge in [-0.1, -0.05) is 32.0 Å². The third kappa shape index (κ3) is 3.18. The molecule has 0 saturated carbocycles. The average molecular weight is 275 g/mol. The first-order valence-electron chi connectivity index (χ1n) is 6.38. The van der Waals surface area contributed by atoms with E-state index in [0.717, 1.165) is 5.69 Å². The molecule has 1 atom stereocenters. The van der Waals surface area contributed by atoms with Crippen LogP contribution in [0.2, 0.25) is 0 Å². The van der Waals surface area contributed by atoms with Crippen LogP contribution in [0.1, 0.15) is 19.7 Å². The molecule has 0 amide bonds. The lowest BCUT2D eigenvalue weighted by atomic mass is 10.1.